The predicted molar refractivity (Wildman–Crippen MR) is 80.0 cm³/mol. The highest BCUT2D eigenvalue weighted by atomic mass is 35.5. The van der Waals surface area contributed by atoms with E-state index in [0.29, 0.717) is 34.6 Å². The van der Waals surface area contributed by atoms with Gasteiger partial charge in [0.2, 0.25) is 0 Å². The Bertz CT molecular complexity index is 697. The first-order valence-electron chi connectivity index (χ1n) is 6.46. The first-order chi connectivity index (χ1) is 9.99. The Morgan fingerprint density at radius 3 is 3.14 bits per heavy atom. The number of aromatic nitrogens is 3. The standard InChI is InChI=1S/C13H14ClN3O3S/c1-13(2-3-20-7-13)17-11-9(4-8(14)5-15-11)16-12(17)21-6-10(18)19/h4-5H,2-3,6-7H2,1H3,(H,18,19). The largest absolute Gasteiger partial charge is 0.481 e. The Morgan fingerprint density at radius 1 is 1.67 bits per heavy atom. The van der Waals surface area contributed by atoms with E-state index in [0.717, 1.165) is 6.42 Å². The second-order valence-electron chi connectivity index (χ2n) is 5.21. The number of ether oxygens (including phenoxy) is 1. The van der Waals surface area contributed by atoms with E-state index in [4.69, 9.17) is 21.4 Å². The van der Waals surface area contributed by atoms with E-state index in [1.54, 1.807) is 12.3 Å². The summed E-state index contributed by atoms with van der Waals surface area (Å²) in [6, 6.07) is 1.74. The number of thioether (sulfide) groups is 1. The van der Waals surface area contributed by atoms with Crippen molar-refractivity contribution in [2.75, 3.05) is 19.0 Å². The summed E-state index contributed by atoms with van der Waals surface area (Å²) in [5.74, 6) is -0.925. The Balaban J connectivity index is 2.13. The quantitative estimate of drug-likeness (QED) is 0.869. The fourth-order valence-electron chi connectivity index (χ4n) is 2.46. The molecule has 0 aromatic carbocycles. The van der Waals surface area contributed by atoms with E-state index in [2.05, 4.69) is 16.9 Å². The molecule has 2 aromatic heterocycles. The van der Waals surface area contributed by atoms with E-state index in [1.807, 2.05) is 4.57 Å². The Hall–Kier alpha value is -1.31. The third kappa shape index (κ3) is 2.73. The minimum Gasteiger partial charge on any atom is -0.481 e. The molecule has 112 valence electrons. The molecule has 0 amide bonds. The van der Waals surface area contributed by atoms with Crippen LogP contribution in [0.2, 0.25) is 5.02 Å². The van der Waals surface area contributed by atoms with E-state index >= 15 is 0 Å². The van der Waals surface area contributed by atoms with Crippen molar-refractivity contribution in [1.29, 1.82) is 0 Å². The van der Waals surface area contributed by atoms with Gasteiger partial charge < -0.3 is 9.84 Å². The van der Waals surface area contributed by atoms with E-state index in [-0.39, 0.29) is 11.3 Å². The molecule has 0 aliphatic carbocycles. The van der Waals surface area contributed by atoms with Crippen molar-refractivity contribution in [2.45, 2.75) is 24.0 Å². The number of fused-ring (bicyclic) bond motifs is 1. The molecule has 1 N–H and O–H groups in total. The zero-order valence-corrected chi connectivity index (χ0v) is 12.9. The number of rotatable bonds is 4. The Morgan fingerprint density at radius 2 is 2.48 bits per heavy atom. The van der Waals surface area contributed by atoms with Crippen LogP contribution in [-0.4, -0.2) is 44.6 Å². The number of aliphatic carboxylic acids is 1. The maximum Gasteiger partial charge on any atom is 0.313 e. The van der Waals surface area contributed by atoms with Gasteiger partial charge in [-0.25, -0.2) is 9.97 Å². The lowest BCUT2D eigenvalue weighted by Crippen LogP contribution is -2.31. The SMILES string of the molecule is CC1(n2c(SCC(=O)O)nc3cc(Cl)cnc32)CCOC1. The third-order valence-electron chi connectivity index (χ3n) is 3.50. The highest BCUT2D eigenvalue weighted by molar-refractivity contribution is 7.99. The molecule has 1 atom stereocenters. The van der Waals surface area contributed by atoms with Crippen LogP contribution in [-0.2, 0) is 15.1 Å². The number of imidazole rings is 1. The average molecular weight is 328 g/mol. The molecule has 1 saturated heterocycles. The van der Waals surface area contributed by atoms with Crippen LogP contribution in [0.1, 0.15) is 13.3 Å². The zero-order valence-electron chi connectivity index (χ0n) is 11.4. The molecule has 0 saturated carbocycles. The lowest BCUT2D eigenvalue weighted by molar-refractivity contribution is -0.133. The van der Waals surface area contributed by atoms with Gasteiger partial charge in [-0.1, -0.05) is 23.4 Å². The summed E-state index contributed by atoms with van der Waals surface area (Å²) < 4.78 is 7.49. The number of carboxylic acids is 1. The molecule has 0 bridgehead atoms. The molecule has 8 heteroatoms. The third-order valence-corrected chi connectivity index (χ3v) is 4.63. The molecular weight excluding hydrogens is 314 g/mol. The molecule has 21 heavy (non-hydrogen) atoms. The van der Waals surface area contributed by atoms with Crippen molar-refractivity contribution < 1.29 is 14.6 Å². The van der Waals surface area contributed by atoms with Gasteiger partial charge in [0.1, 0.15) is 5.52 Å². The summed E-state index contributed by atoms with van der Waals surface area (Å²) in [5.41, 5.74) is 1.11. The number of pyridine rings is 1. The van der Waals surface area contributed by atoms with Gasteiger partial charge in [0.15, 0.2) is 10.8 Å². The minimum atomic E-state index is -0.877. The molecule has 3 rings (SSSR count). The highest BCUT2D eigenvalue weighted by Gasteiger charge is 2.35. The summed E-state index contributed by atoms with van der Waals surface area (Å²) in [7, 11) is 0. The maximum absolute atomic E-state index is 10.8. The zero-order chi connectivity index (χ0) is 15.0. The number of halogens is 1. The van der Waals surface area contributed by atoms with Crippen molar-refractivity contribution in [1.82, 2.24) is 14.5 Å². The Kier molecular flexibility index (Phi) is 3.81. The highest BCUT2D eigenvalue weighted by Crippen LogP contribution is 2.35. The van der Waals surface area contributed by atoms with Crippen LogP contribution < -0.4 is 0 Å². The molecule has 1 fully saturated rings. The predicted octanol–water partition coefficient (Wildman–Crippen LogP) is 2.40. The lowest BCUT2D eigenvalue weighted by atomic mass is 10.0. The van der Waals surface area contributed by atoms with E-state index < -0.39 is 5.97 Å². The molecule has 2 aromatic rings. The first kappa shape index (κ1) is 14.6. The molecule has 1 aliphatic heterocycles. The first-order valence-corrected chi connectivity index (χ1v) is 7.83. The van der Waals surface area contributed by atoms with Crippen molar-refractivity contribution in [3.63, 3.8) is 0 Å². The van der Waals surface area contributed by atoms with E-state index in [9.17, 15) is 4.79 Å². The fraction of sp³-hybridized carbons (Fsp3) is 0.462. The van der Waals surface area contributed by atoms with Gasteiger partial charge in [-0.15, -0.1) is 0 Å². The molecule has 0 spiro atoms. The van der Waals surface area contributed by atoms with Gasteiger partial charge in [0, 0.05) is 12.8 Å². The topological polar surface area (TPSA) is 77.2 Å². The lowest BCUT2D eigenvalue weighted by Gasteiger charge is -2.26. The van der Waals surface area contributed by atoms with Gasteiger partial charge in [-0.2, -0.15) is 0 Å². The van der Waals surface area contributed by atoms with Gasteiger partial charge in [0.05, 0.1) is 22.9 Å². The molecule has 1 unspecified atom stereocenters. The maximum atomic E-state index is 10.8. The van der Waals surface area contributed by atoms with Crippen LogP contribution in [0.25, 0.3) is 11.2 Å². The monoisotopic (exact) mass is 327 g/mol. The minimum absolute atomic E-state index is 0.0476. The summed E-state index contributed by atoms with van der Waals surface area (Å²) in [4.78, 5) is 19.7. The molecule has 6 nitrogen and oxygen atoms in total. The van der Waals surface area contributed by atoms with Crippen molar-refractivity contribution >= 4 is 40.5 Å². The molecule has 3 heterocycles. The van der Waals surface area contributed by atoms with Crippen molar-refractivity contribution in [3.05, 3.63) is 17.3 Å². The van der Waals surface area contributed by atoms with Gasteiger partial charge in [-0.05, 0) is 19.4 Å². The van der Waals surface area contributed by atoms with Crippen LogP contribution in [0, 0.1) is 0 Å². The van der Waals surface area contributed by atoms with Crippen LogP contribution in [0.3, 0.4) is 0 Å². The van der Waals surface area contributed by atoms with E-state index in [1.165, 1.54) is 11.8 Å². The van der Waals surface area contributed by atoms with Crippen LogP contribution in [0.4, 0.5) is 0 Å². The van der Waals surface area contributed by atoms with Crippen LogP contribution in [0.5, 0.6) is 0 Å². The summed E-state index contributed by atoms with van der Waals surface area (Å²) >= 11 is 7.15. The molecule has 0 radical (unpaired) electrons. The number of nitrogens with zero attached hydrogens (tertiary/aromatic N) is 3. The fourth-order valence-corrected chi connectivity index (χ4v) is 3.47. The van der Waals surface area contributed by atoms with Crippen molar-refractivity contribution in [2.24, 2.45) is 0 Å². The normalized spacial score (nSPS) is 22.0. The molecule has 1 aliphatic rings. The average Bonchev–Trinajstić information content (AvgIpc) is 3.00. The Labute approximate surface area is 130 Å². The second kappa shape index (κ2) is 5.47. The summed E-state index contributed by atoms with van der Waals surface area (Å²) in [6.45, 7) is 3.30. The number of carboxylic acid groups (broad SMARTS) is 1. The summed E-state index contributed by atoms with van der Waals surface area (Å²) in [5, 5.41) is 10.0. The smallest absolute Gasteiger partial charge is 0.313 e. The number of hydrogen-bond acceptors (Lipinski definition) is 5. The molecular formula is C13H14ClN3O3S. The van der Waals surface area contributed by atoms with Crippen LogP contribution >= 0.6 is 23.4 Å². The second-order valence-corrected chi connectivity index (χ2v) is 6.59. The van der Waals surface area contributed by atoms with Crippen LogP contribution in [0.15, 0.2) is 17.4 Å². The van der Waals surface area contributed by atoms with Gasteiger partial charge in [0.25, 0.3) is 0 Å². The summed E-state index contributed by atoms with van der Waals surface area (Å²) in [6.07, 6.45) is 2.41. The van der Waals surface area contributed by atoms with Gasteiger partial charge in [-0.3, -0.25) is 9.36 Å². The van der Waals surface area contributed by atoms with Crippen molar-refractivity contribution in [3.8, 4) is 0 Å². The number of carbonyl (C=O) groups is 1. The van der Waals surface area contributed by atoms with Gasteiger partial charge >= 0.3 is 5.97 Å². The number of hydrogen-bond donors (Lipinski definition) is 1.